The fourth-order valence-electron chi connectivity index (χ4n) is 1.28. The van der Waals surface area contributed by atoms with Crippen molar-refractivity contribution in [1.29, 1.82) is 0 Å². The van der Waals surface area contributed by atoms with Crippen LogP contribution in [0.2, 0.25) is 0 Å². The highest BCUT2D eigenvalue weighted by Gasteiger charge is 2.06. The minimum atomic E-state index is 0.0283. The molecule has 0 saturated carbocycles. The number of rotatable bonds is 2. The average Bonchev–Trinajstić information content (AvgIpc) is 2.30. The molecule has 0 unspecified atom stereocenters. The molecule has 0 aliphatic carbocycles. The van der Waals surface area contributed by atoms with E-state index < -0.39 is 0 Å². The minimum absolute atomic E-state index is 0.0283. The largest absolute Gasteiger partial charge is 0.493 e. The van der Waals surface area contributed by atoms with E-state index in [9.17, 15) is 5.11 Å². The Bertz CT molecular complexity index is 459. The Kier molecular flexibility index (Phi) is 2.87. The van der Waals surface area contributed by atoms with Gasteiger partial charge in [-0.3, -0.25) is 0 Å². The van der Waals surface area contributed by atoms with Gasteiger partial charge in [0.05, 0.1) is 5.56 Å². The van der Waals surface area contributed by atoms with Gasteiger partial charge in [0.1, 0.15) is 0 Å². The molecule has 0 bridgehead atoms. The highest BCUT2D eigenvalue weighted by atomic mass is 32.2. The topological polar surface area (TPSA) is 46.0 Å². The van der Waals surface area contributed by atoms with Gasteiger partial charge in [-0.1, -0.05) is 42.1 Å². The molecule has 76 valence electrons. The van der Waals surface area contributed by atoms with E-state index in [0.717, 1.165) is 5.56 Å². The number of thioether (sulfide) groups is 1. The van der Waals surface area contributed by atoms with Crippen molar-refractivity contribution < 1.29 is 5.11 Å². The summed E-state index contributed by atoms with van der Waals surface area (Å²) in [5, 5.41) is 10.3. The van der Waals surface area contributed by atoms with Crippen molar-refractivity contribution in [2.24, 2.45) is 0 Å². The number of aromatic nitrogens is 2. The molecular weight excluding hydrogens is 208 g/mol. The van der Waals surface area contributed by atoms with Crippen LogP contribution in [-0.2, 0) is 0 Å². The lowest BCUT2D eigenvalue weighted by Crippen LogP contribution is -1.88. The van der Waals surface area contributed by atoms with E-state index in [1.807, 2.05) is 36.6 Å². The summed E-state index contributed by atoms with van der Waals surface area (Å²) in [7, 11) is 0. The summed E-state index contributed by atoms with van der Waals surface area (Å²) < 4.78 is 0. The van der Waals surface area contributed by atoms with Crippen molar-refractivity contribution in [3.8, 4) is 17.0 Å². The van der Waals surface area contributed by atoms with Crippen LogP contribution >= 0.6 is 11.8 Å². The second-order valence-electron chi connectivity index (χ2n) is 2.96. The highest BCUT2D eigenvalue weighted by Crippen LogP contribution is 2.27. The fourth-order valence-corrected chi connectivity index (χ4v) is 1.61. The molecule has 0 aliphatic heterocycles. The maximum Gasteiger partial charge on any atom is 0.222 e. The van der Waals surface area contributed by atoms with Crippen LogP contribution in [0.3, 0.4) is 0 Å². The lowest BCUT2D eigenvalue weighted by Gasteiger charge is -2.03. The van der Waals surface area contributed by atoms with Gasteiger partial charge in [-0.2, -0.15) is 4.98 Å². The lowest BCUT2D eigenvalue weighted by atomic mass is 10.1. The molecule has 0 atom stereocenters. The maximum atomic E-state index is 9.71. The van der Waals surface area contributed by atoms with Gasteiger partial charge in [-0.25, -0.2) is 4.98 Å². The molecule has 0 radical (unpaired) electrons. The highest BCUT2D eigenvalue weighted by molar-refractivity contribution is 7.98. The van der Waals surface area contributed by atoms with Gasteiger partial charge in [0.25, 0.3) is 0 Å². The number of benzene rings is 1. The third-order valence-electron chi connectivity index (χ3n) is 2.01. The van der Waals surface area contributed by atoms with Gasteiger partial charge in [0, 0.05) is 6.20 Å². The Labute approximate surface area is 92.2 Å². The molecule has 0 saturated heterocycles. The van der Waals surface area contributed by atoms with Crippen LogP contribution in [-0.4, -0.2) is 21.3 Å². The van der Waals surface area contributed by atoms with Crippen LogP contribution in [0.25, 0.3) is 11.1 Å². The van der Waals surface area contributed by atoms with Crippen molar-refractivity contribution in [3.63, 3.8) is 0 Å². The maximum absolute atomic E-state index is 9.71. The number of hydrogen-bond donors (Lipinski definition) is 1. The second-order valence-corrected chi connectivity index (χ2v) is 3.73. The Balaban J connectivity index is 2.46. The molecule has 15 heavy (non-hydrogen) atoms. The lowest BCUT2D eigenvalue weighted by molar-refractivity contribution is 0.448. The molecule has 0 spiro atoms. The smallest absolute Gasteiger partial charge is 0.222 e. The SMILES string of the molecule is CSc1ncc(-c2ccccc2)c(O)n1. The number of hydrogen-bond acceptors (Lipinski definition) is 4. The van der Waals surface area contributed by atoms with E-state index in [1.54, 1.807) is 6.20 Å². The Morgan fingerprint density at radius 2 is 1.93 bits per heavy atom. The quantitative estimate of drug-likeness (QED) is 0.621. The number of aromatic hydroxyl groups is 1. The summed E-state index contributed by atoms with van der Waals surface area (Å²) in [6, 6.07) is 9.58. The molecule has 2 rings (SSSR count). The van der Waals surface area contributed by atoms with Crippen LogP contribution in [0.1, 0.15) is 0 Å². The zero-order chi connectivity index (χ0) is 10.7. The summed E-state index contributed by atoms with van der Waals surface area (Å²) in [4.78, 5) is 8.10. The summed E-state index contributed by atoms with van der Waals surface area (Å²) in [6.45, 7) is 0. The van der Waals surface area contributed by atoms with E-state index in [1.165, 1.54) is 11.8 Å². The summed E-state index contributed by atoms with van der Waals surface area (Å²) in [5.41, 5.74) is 1.58. The third kappa shape index (κ3) is 2.10. The van der Waals surface area contributed by atoms with E-state index in [2.05, 4.69) is 9.97 Å². The summed E-state index contributed by atoms with van der Waals surface area (Å²) in [5.74, 6) is 0.0283. The van der Waals surface area contributed by atoms with Crippen LogP contribution in [0.5, 0.6) is 5.88 Å². The van der Waals surface area contributed by atoms with Gasteiger partial charge in [0.15, 0.2) is 5.16 Å². The molecule has 1 N–H and O–H groups in total. The number of nitrogens with zero attached hydrogens (tertiary/aromatic N) is 2. The van der Waals surface area contributed by atoms with Crippen molar-refractivity contribution in [2.75, 3.05) is 6.26 Å². The Morgan fingerprint density at radius 1 is 1.20 bits per heavy atom. The molecule has 2 aromatic rings. The Hall–Kier alpha value is -1.55. The minimum Gasteiger partial charge on any atom is -0.493 e. The van der Waals surface area contributed by atoms with Crippen molar-refractivity contribution in [3.05, 3.63) is 36.5 Å². The molecule has 1 aromatic carbocycles. The normalized spacial score (nSPS) is 10.2. The first kappa shape index (κ1) is 9.98. The van der Waals surface area contributed by atoms with Gasteiger partial charge < -0.3 is 5.11 Å². The third-order valence-corrected chi connectivity index (χ3v) is 2.58. The van der Waals surface area contributed by atoms with E-state index in [0.29, 0.717) is 10.7 Å². The zero-order valence-corrected chi connectivity index (χ0v) is 9.03. The van der Waals surface area contributed by atoms with Gasteiger partial charge >= 0.3 is 0 Å². The molecule has 3 nitrogen and oxygen atoms in total. The first-order valence-electron chi connectivity index (χ1n) is 4.46. The van der Waals surface area contributed by atoms with Gasteiger partial charge in [-0.05, 0) is 11.8 Å². The molecule has 0 amide bonds. The molecule has 1 aromatic heterocycles. The fraction of sp³-hybridized carbons (Fsp3) is 0.0909. The standard InChI is InChI=1S/C11H10N2OS/c1-15-11-12-7-9(10(14)13-11)8-5-3-2-4-6-8/h2-7H,1H3,(H,12,13,14). The van der Waals surface area contributed by atoms with Crippen LogP contribution < -0.4 is 0 Å². The van der Waals surface area contributed by atoms with Gasteiger partial charge in [-0.15, -0.1) is 0 Å². The van der Waals surface area contributed by atoms with Crippen LogP contribution in [0.15, 0.2) is 41.7 Å². The van der Waals surface area contributed by atoms with Gasteiger partial charge in [0.2, 0.25) is 5.88 Å². The second kappa shape index (κ2) is 4.31. The monoisotopic (exact) mass is 218 g/mol. The van der Waals surface area contributed by atoms with Crippen LogP contribution in [0, 0.1) is 0 Å². The van der Waals surface area contributed by atoms with Crippen molar-refractivity contribution in [1.82, 2.24) is 9.97 Å². The zero-order valence-electron chi connectivity index (χ0n) is 8.21. The van der Waals surface area contributed by atoms with E-state index in [-0.39, 0.29) is 5.88 Å². The molecule has 0 aliphatic rings. The van der Waals surface area contributed by atoms with E-state index in [4.69, 9.17) is 0 Å². The van der Waals surface area contributed by atoms with Crippen molar-refractivity contribution in [2.45, 2.75) is 5.16 Å². The summed E-state index contributed by atoms with van der Waals surface area (Å²) >= 11 is 1.40. The molecular formula is C11H10N2OS. The first-order valence-corrected chi connectivity index (χ1v) is 5.69. The predicted molar refractivity (Wildman–Crippen MR) is 60.9 cm³/mol. The summed E-state index contributed by atoms with van der Waals surface area (Å²) in [6.07, 6.45) is 3.51. The average molecular weight is 218 g/mol. The van der Waals surface area contributed by atoms with Crippen molar-refractivity contribution >= 4 is 11.8 Å². The molecule has 4 heteroatoms. The Morgan fingerprint density at radius 3 is 2.53 bits per heavy atom. The molecule has 0 fully saturated rings. The predicted octanol–water partition coefficient (Wildman–Crippen LogP) is 2.57. The van der Waals surface area contributed by atoms with E-state index >= 15 is 0 Å². The van der Waals surface area contributed by atoms with Crippen LogP contribution in [0.4, 0.5) is 0 Å². The molecule has 1 heterocycles. The first-order chi connectivity index (χ1) is 7.31.